The van der Waals surface area contributed by atoms with E-state index in [4.69, 9.17) is 9.47 Å². The normalized spacial score (nSPS) is 12.7. The van der Waals surface area contributed by atoms with E-state index in [2.05, 4.69) is 67.1 Å². The fourth-order valence-corrected chi connectivity index (χ4v) is 5.96. The molecule has 0 saturated heterocycles. The van der Waals surface area contributed by atoms with Crippen LogP contribution < -0.4 is 14.8 Å². The average Bonchev–Trinajstić information content (AvgIpc) is 3.72. The maximum Gasteiger partial charge on any atom is 0.407 e. The lowest BCUT2D eigenvalue weighted by molar-refractivity contribution is -0.130. The summed E-state index contributed by atoms with van der Waals surface area (Å²) in [7, 11) is 3.37. The van der Waals surface area contributed by atoms with E-state index >= 15 is 0 Å². The molecule has 0 radical (unpaired) electrons. The lowest BCUT2D eigenvalue weighted by atomic mass is 9.87. The molecule has 0 aliphatic carbocycles. The molecule has 0 bridgehead atoms. The summed E-state index contributed by atoms with van der Waals surface area (Å²) >= 11 is 0. The van der Waals surface area contributed by atoms with Gasteiger partial charge in [0, 0.05) is 39.9 Å². The van der Waals surface area contributed by atoms with Crippen LogP contribution in [0.5, 0.6) is 11.5 Å². The van der Waals surface area contributed by atoms with E-state index in [-0.39, 0.29) is 12.5 Å². The molecule has 0 unspecified atom stereocenters. The van der Waals surface area contributed by atoms with Crippen molar-refractivity contribution < 1.29 is 23.8 Å². The van der Waals surface area contributed by atoms with Crippen LogP contribution >= 0.6 is 0 Å². The van der Waals surface area contributed by atoms with Crippen molar-refractivity contribution in [3.8, 4) is 45.1 Å². The highest BCUT2D eigenvalue weighted by Gasteiger charge is 2.30. The van der Waals surface area contributed by atoms with Gasteiger partial charge < -0.3 is 34.4 Å². The van der Waals surface area contributed by atoms with E-state index in [0.717, 1.165) is 88.0 Å². The van der Waals surface area contributed by atoms with Crippen molar-refractivity contribution >= 4 is 12.0 Å². The molecular formula is C33H39N7O5. The molecule has 0 spiro atoms. The molecule has 4 heterocycles. The van der Waals surface area contributed by atoms with Crippen molar-refractivity contribution in [2.24, 2.45) is 0 Å². The first-order valence-electron chi connectivity index (χ1n) is 15.3. The van der Waals surface area contributed by atoms with Crippen LogP contribution in [0.25, 0.3) is 33.6 Å². The largest absolute Gasteiger partial charge is 0.488 e. The van der Waals surface area contributed by atoms with Gasteiger partial charge >= 0.3 is 6.09 Å². The van der Waals surface area contributed by atoms with Crippen LogP contribution in [0.2, 0.25) is 0 Å². The Morgan fingerprint density at radius 2 is 1.42 bits per heavy atom. The molecule has 0 saturated carbocycles. The molecule has 12 heteroatoms. The minimum absolute atomic E-state index is 0.143. The third-order valence-corrected chi connectivity index (χ3v) is 8.04. The van der Waals surface area contributed by atoms with Crippen LogP contribution in [-0.4, -0.2) is 75.5 Å². The number of nitrogens with one attached hydrogen (secondary N) is 3. The van der Waals surface area contributed by atoms with Gasteiger partial charge in [-0.2, -0.15) is 0 Å². The molecule has 12 nitrogen and oxygen atoms in total. The zero-order valence-corrected chi connectivity index (χ0v) is 26.2. The van der Waals surface area contributed by atoms with Crippen LogP contribution in [0.15, 0.2) is 36.7 Å². The molecule has 3 N–H and O–H groups in total. The Labute approximate surface area is 262 Å². The van der Waals surface area contributed by atoms with Gasteiger partial charge in [-0.25, -0.2) is 14.8 Å². The van der Waals surface area contributed by atoms with Gasteiger partial charge in [0.1, 0.15) is 42.9 Å². The third-order valence-electron chi connectivity index (χ3n) is 8.04. The zero-order chi connectivity index (χ0) is 31.5. The summed E-state index contributed by atoms with van der Waals surface area (Å²) in [6.07, 6.45) is 4.88. The maximum absolute atomic E-state index is 12.7. The van der Waals surface area contributed by atoms with Crippen LogP contribution in [0, 0.1) is 0 Å². The molecule has 2 aliphatic rings. The molecule has 45 heavy (non-hydrogen) atoms. The molecule has 0 fully saturated rings. The Morgan fingerprint density at radius 3 is 1.96 bits per heavy atom. The Morgan fingerprint density at radius 1 is 0.867 bits per heavy atom. The number of hydrogen-bond acceptors (Lipinski definition) is 8. The third kappa shape index (κ3) is 6.37. The molecular weight excluding hydrogens is 574 g/mol. The average molecular weight is 614 g/mol. The number of aromatic nitrogens is 4. The van der Waals surface area contributed by atoms with Crippen LogP contribution in [0.1, 0.15) is 49.5 Å². The number of nitrogens with zero attached hydrogens (tertiary/aromatic N) is 4. The quantitative estimate of drug-likeness (QED) is 0.206. The fraction of sp³-hybridized carbons (Fsp3) is 0.394. The summed E-state index contributed by atoms with van der Waals surface area (Å²) in [5.41, 5.74) is 7.98. The summed E-state index contributed by atoms with van der Waals surface area (Å²) in [5.74, 6) is 3.02. The summed E-state index contributed by atoms with van der Waals surface area (Å²) < 4.78 is 17.2. The second-order valence-corrected chi connectivity index (χ2v) is 11.5. The summed E-state index contributed by atoms with van der Waals surface area (Å²) in [6, 6.07) is 8.38. The standard InChI is InChI=1S/C33H39N7O5/c1-5-7-39(3)16-28-34-13-24(37-28)20-9-22-18-45-27-12-21(10-23-19-44-26(11-20)31(22)32(23)27)25-14-35-29(38-25)17-40(8-6-2)30(41)15-36-33(42)43-4/h9-14H,5-8,15-19H2,1-4H3,(H,34,37)(H,35,38)(H,36,42). The molecule has 0 atom stereocenters. The number of methoxy groups -OCH3 is 1. The number of rotatable bonds is 12. The van der Waals surface area contributed by atoms with Crippen LogP contribution in [-0.2, 0) is 35.8 Å². The number of carbonyl (C=O) groups excluding carboxylic acids is 2. The van der Waals surface area contributed by atoms with Gasteiger partial charge in [0.2, 0.25) is 5.91 Å². The minimum Gasteiger partial charge on any atom is -0.488 e. The Hall–Kier alpha value is -4.84. The predicted octanol–water partition coefficient (Wildman–Crippen LogP) is 4.86. The number of imidazole rings is 2. The maximum atomic E-state index is 12.7. The summed E-state index contributed by atoms with van der Waals surface area (Å²) in [4.78, 5) is 44.0. The first kappa shape index (κ1) is 30.2. The monoisotopic (exact) mass is 613 g/mol. The van der Waals surface area contributed by atoms with Crippen molar-refractivity contribution in [1.82, 2.24) is 35.1 Å². The van der Waals surface area contributed by atoms with Gasteiger partial charge in [0.05, 0.1) is 44.0 Å². The van der Waals surface area contributed by atoms with Crippen molar-refractivity contribution in [1.29, 1.82) is 0 Å². The minimum atomic E-state index is -0.643. The summed E-state index contributed by atoms with van der Waals surface area (Å²) in [6.45, 7) is 7.48. The molecule has 2 aromatic heterocycles. The Bertz CT molecular complexity index is 1660. The number of benzene rings is 2. The van der Waals surface area contributed by atoms with Gasteiger partial charge in [0.15, 0.2) is 0 Å². The first-order chi connectivity index (χ1) is 21.9. The summed E-state index contributed by atoms with van der Waals surface area (Å²) in [5, 5.41) is 2.45. The number of ether oxygens (including phenoxy) is 3. The highest BCUT2D eigenvalue weighted by molar-refractivity contribution is 5.88. The molecule has 6 rings (SSSR count). The van der Waals surface area contributed by atoms with E-state index < -0.39 is 6.09 Å². The van der Waals surface area contributed by atoms with Crippen LogP contribution in [0.3, 0.4) is 0 Å². The van der Waals surface area contributed by atoms with Crippen molar-refractivity contribution in [2.45, 2.75) is 53.0 Å². The molecule has 4 aromatic rings. The van der Waals surface area contributed by atoms with Crippen molar-refractivity contribution in [3.05, 3.63) is 59.4 Å². The first-order valence-corrected chi connectivity index (χ1v) is 15.3. The van der Waals surface area contributed by atoms with E-state index in [1.54, 1.807) is 11.1 Å². The van der Waals surface area contributed by atoms with Gasteiger partial charge in [-0.05, 0) is 50.7 Å². The van der Waals surface area contributed by atoms with Gasteiger partial charge in [-0.3, -0.25) is 9.69 Å². The smallest absolute Gasteiger partial charge is 0.407 e. The number of H-pyrrole nitrogens is 2. The highest BCUT2D eigenvalue weighted by Crippen LogP contribution is 2.50. The van der Waals surface area contributed by atoms with Crippen molar-refractivity contribution in [3.63, 3.8) is 0 Å². The molecule has 2 aromatic carbocycles. The number of aromatic amines is 2. The Kier molecular flexibility index (Phi) is 8.74. The zero-order valence-electron chi connectivity index (χ0n) is 26.2. The topological polar surface area (TPSA) is 138 Å². The number of carbonyl (C=O) groups is 2. The lowest BCUT2D eigenvalue weighted by Gasteiger charge is -2.30. The van der Waals surface area contributed by atoms with E-state index in [1.807, 2.05) is 19.2 Å². The van der Waals surface area contributed by atoms with E-state index in [0.29, 0.717) is 32.1 Å². The Balaban J connectivity index is 1.22. The van der Waals surface area contributed by atoms with Gasteiger partial charge in [0.25, 0.3) is 0 Å². The molecule has 2 aliphatic heterocycles. The van der Waals surface area contributed by atoms with Crippen molar-refractivity contribution in [2.75, 3.05) is 33.8 Å². The second-order valence-electron chi connectivity index (χ2n) is 11.5. The highest BCUT2D eigenvalue weighted by atomic mass is 16.5. The second kappa shape index (κ2) is 13.0. The van der Waals surface area contributed by atoms with Crippen LogP contribution in [0.4, 0.5) is 4.79 Å². The van der Waals surface area contributed by atoms with Gasteiger partial charge in [-0.15, -0.1) is 0 Å². The number of hydrogen-bond donors (Lipinski definition) is 3. The molecule has 236 valence electrons. The SMILES string of the molecule is CCCN(C)Cc1ncc(-c2cc3c4c(c2)OCc2cc(-c5cnc(CN(CCC)C(=O)CNC(=O)OC)[nH]5)cc(c2-4)OC3)[nH]1. The number of alkyl carbamates (subject to hydrolysis) is 1. The lowest BCUT2D eigenvalue weighted by Crippen LogP contribution is -2.40. The predicted molar refractivity (Wildman–Crippen MR) is 168 cm³/mol. The van der Waals surface area contributed by atoms with E-state index in [1.165, 1.54) is 7.11 Å². The molecule has 2 amide bonds. The van der Waals surface area contributed by atoms with E-state index in [9.17, 15) is 9.59 Å². The fourth-order valence-electron chi connectivity index (χ4n) is 5.96. The van der Waals surface area contributed by atoms with Gasteiger partial charge in [-0.1, -0.05) is 13.8 Å². The number of amides is 2.